The summed E-state index contributed by atoms with van der Waals surface area (Å²) in [6.07, 6.45) is 0.838. The van der Waals surface area contributed by atoms with Crippen LogP contribution in [0.5, 0.6) is 0 Å². The summed E-state index contributed by atoms with van der Waals surface area (Å²) in [5.74, 6) is 0.599. The van der Waals surface area contributed by atoms with E-state index in [1.807, 2.05) is 61.6 Å². The Kier molecular flexibility index (Phi) is 5.85. The fraction of sp³-hybridized carbons (Fsp3) is 0.182. The number of halogens is 1. The van der Waals surface area contributed by atoms with Crippen molar-refractivity contribution in [2.75, 3.05) is 23.8 Å². The zero-order chi connectivity index (χ0) is 21.1. The Hall–Kier alpha value is -3.13. The van der Waals surface area contributed by atoms with Gasteiger partial charge in [0, 0.05) is 19.2 Å². The number of hydrogen-bond acceptors (Lipinski definition) is 6. The number of benzene rings is 2. The number of hydrogen-bond donors (Lipinski definition) is 4. The van der Waals surface area contributed by atoms with Crippen molar-refractivity contribution >= 4 is 39.8 Å². The highest BCUT2D eigenvalue weighted by atomic mass is 35.5. The maximum Gasteiger partial charge on any atom is 0.179 e. The number of aryl methyl sites for hydroxylation is 1. The molecule has 0 saturated heterocycles. The highest BCUT2D eigenvalue weighted by Gasteiger charge is 2.14. The zero-order valence-corrected chi connectivity index (χ0v) is 17.1. The molecule has 8 heteroatoms. The van der Waals surface area contributed by atoms with Crippen LogP contribution in [0, 0.1) is 0 Å². The Morgan fingerprint density at radius 2 is 1.93 bits per heavy atom. The van der Waals surface area contributed by atoms with Gasteiger partial charge in [-0.3, -0.25) is 4.68 Å². The Labute approximate surface area is 179 Å². The lowest BCUT2D eigenvalue weighted by Gasteiger charge is -2.11. The summed E-state index contributed by atoms with van der Waals surface area (Å²) in [6, 6.07) is 17.7. The average molecular weight is 424 g/mol. The molecule has 0 amide bonds. The first-order chi connectivity index (χ1) is 14.6. The van der Waals surface area contributed by atoms with Crippen LogP contribution in [0.25, 0.3) is 22.2 Å². The highest BCUT2D eigenvalue weighted by molar-refractivity contribution is 6.36. The number of aromatic nitrogens is 3. The van der Waals surface area contributed by atoms with Crippen LogP contribution in [0.2, 0.25) is 5.02 Å². The zero-order valence-electron chi connectivity index (χ0n) is 16.4. The lowest BCUT2D eigenvalue weighted by Crippen LogP contribution is -2.22. The first kappa shape index (κ1) is 20.2. The molecule has 0 fully saturated rings. The van der Waals surface area contributed by atoms with Crippen LogP contribution in [0.3, 0.4) is 0 Å². The Balaban J connectivity index is 1.63. The van der Waals surface area contributed by atoms with Crippen LogP contribution in [0.4, 0.5) is 17.2 Å². The number of rotatable bonds is 7. The molecule has 0 bridgehead atoms. The van der Waals surface area contributed by atoms with Crippen molar-refractivity contribution in [3.05, 3.63) is 65.8 Å². The number of nitrogens with zero attached hydrogens (tertiary/aromatic N) is 3. The largest absolute Gasteiger partial charge is 0.394 e. The Bertz CT molecular complexity index is 1160. The molecular formula is C22H22ClN5O2. The van der Waals surface area contributed by atoms with Crippen molar-refractivity contribution in [2.24, 2.45) is 7.05 Å². The first-order valence-corrected chi connectivity index (χ1v) is 9.91. The minimum absolute atomic E-state index is 0.231. The SMILES string of the molecule is Cn1nc(Nc2cccc(-c3ccccc3)c2Cl)c2ncc(NCC(O)CO)cc21. The molecule has 0 spiro atoms. The van der Waals surface area contributed by atoms with Crippen molar-refractivity contribution in [2.45, 2.75) is 6.10 Å². The number of fused-ring (bicyclic) bond motifs is 1. The third kappa shape index (κ3) is 4.09. The summed E-state index contributed by atoms with van der Waals surface area (Å²) in [5, 5.41) is 30.0. The van der Waals surface area contributed by atoms with Gasteiger partial charge < -0.3 is 20.8 Å². The van der Waals surface area contributed by atoms with E-state index in [0.717, 1.165) is 28.0 Å². The van der Waals surface area contributed by atoms with Gasteiger partial charge in [-0.15, -0.1) is 0 Å². The van der Waals surface area contributed by atoms with Crippen LogP contribution < -0.4 is 10.6 Å². The van der Waals surface area contributed by atoms with Gasteiger partial charge in [0.05, 0.1) is 40.8 Å². The molecule has 4 aromatic rings. The van der Waals surface area contributed by atoms with Crippen LogP contribution in [-0.2, 0) is 7.05 Å². The molecule has 0 radical (unpaired) electrons. The fourth-order valence-corrected chi connectivity index (χ4v) is 3.49. The number of aliphatic hydroxyl groups is 2. The molecule has 2 heterocycles. The Morgan fingerprint density at radius 3 is 2.70 bits per heavy atom. The molecule has 0 aliphatic heterocycles. The second kappa shape index (κ2) is 8.71. The molecule has 1 unspecified atom stereocenters. The lowest BCUT2D eigenvalue weighted by atomic mass is 10.1. The molecule has 0 aliphatic rings. The number of anilines is 3. The predicted octanol–water partition coefficient (Wildman–Crippen LogP) is 3.80. The number of nitrogens with one attached hydrogen (secondary N) is 2. The summed E-state index contributed by atoms with van der Waals surface area (Å²) < 4.78 is 1.73. The van der Waals surface area contributed by atoms with Gasteiger partial charge in [-0.25, -0.2) is 4.98 Å². The second-order valence-corrected chi connectivity index (χ2v) is 7.32. The number of pyridine rings is 1. The molecule has 0 saturated carbocycles. The van der Waals surface area contributed by atoms with Crippen LogP contribution in [0.1, 0.15) is 0 Å². The smallest absolute Gasteiger partial charge is 0.179 e. The second-order valence-electron chi connectivity index (χ2n) is 6.94. The molecule has 2 aromatic carbocycles. The molecule has 2 aromatic heterocycles. The maximum atomic E-state index is 9.51. The van der Waals surface area contributed by atoms with Gasteiger partial charge in [0.25, 0.3) is 0 Å². The molecule has 0 aliphatic carbocycles. The first-order valence-electron chi connectivity index (χ1n) is 9.53. The van der Waals surface area contributed by atoms with E-state index in [1.165, 1.54) is 0 Å². The van der Waals surface area contributed by atoms with E-state index in [-0.39, 0.29) is 13.2 Å². The quantitative estimate of drug-likeness (QED) is 0.361. The number of aliphatic hydroxyl groups excluding tert-OH is 2. The standard InChI is InChI=1S/C22H22ClN5O2/c1-28-19-10-15(24-12-16(30)13-29)11-25-21(19)22(27-28)26-18-9-5-8-17(20(18)23)14-6-3-2-4-7-14/h2-11,16,24,29-30H,12-13H2,1H3,(H,26,27). The van der Waals surface area contributed by atoms with E-state index in [4.69, 9.17) is 16.7 Å². The van der Waals surface area contributed by atoms with Crippen LogP contribution in [-0.4, -0.2) is 44.2 Å². The Morgan fingerprint density at radius 1 is 1.13 bits per heavy atom. The van der Waals surface area contributed by atoms with Crippen molar-refractivity contribution in [3.8, 4) is 11.1 Å². The highest BCUT2D eigenvalue weighted by Crippen LogP contribution is 2.36. The van der Waals surface area contributed by atoms with E-state index in [9.17, 15) is 5.11 Å². The molecule has 30 heavy (non-hydrogen) atoms. The molecule has 4 N–H and O–H groups in total. The molecular weight excluding hydrogens is 402 g/mol. The summed E-state index contributed by atoms with van der Waals surface area (Å²) in [5.41, 5.74) is 4.96. The van der Waals surface area contributed by atoms with Crippen molar-refractivity contribution in [3.63, 3.8) is 0 Å². The predicted molar refractivity (Wildman–Crippen MR) is 120 cm³/mol. The van der Waals surface area contributed by atoms with Crippen LogP contribution in [0.15, 0.2) is 60.8 Å². The van der Waals surface area contributed by atoms with E-state index >= 15 is 0 Å². The molecule has 7 nitrogen and oxygen atoms in total. The van der Waals surface area contributed by atoms with E-state index in [0.29, 0.717) is 16.4 Å². The van der Waals surface area contributed by atoms with Gasteiger partial charge in [0.15, 0.2) is 5.82 Å². The van der Waals surface area contributed by atoms with Crippen molar-refractivity contribution < 1.29 is 10.2 Å². The van der Waals surface area contributed by atoms with Gasteiger partial charge in [0.1, 0.15) is 5.52 Å². The monoisotopic (exact) mass is 423 g/mol. The minimum atomic E-state index is -0.830. The van der Waals surface area contributed by atoms with Crippen LogP contribution >= 0.6 is 11.6 Å². The lowest BCUT2D eigenvalue weighted by molar-refractivity contribution is 0.105. The normalized spacial score (nSPS) is 12.1. The minimum Gasteiger partial charge on any atom is -0.394 e. The van der Waals surface area contributed by atoms with E-state index in [2.05, 4.69) is 20.7 Å². The summed E-state index contributed by atoms with van der Waals surface area (Å²) in [4.78, 5) is 4.52. The van der Waals surface area contributed by atoms with Gasteiger partial charge in [0.2, 0.25) is 0 Å². The summed E-state index contributed by atoms with van der Waals surface area (Å²) in [7, 11) is 1.84. The van der Waals surface area contributed by atoms with E-state index in [1.54, 1.807) is 10.9 Å². The van der Waals surface area contributed by atoms with E-state index < -0.39 is 6.10 Å². The van der Waals surface area contributed by atoms with Gasteiger partial charge in [-0.2, -0.15) is 5.10 Å². The van der Waals surface area contributed by atoms with Gasteiger partial charge in [-0.05, 0) is 17.7 Å². The third-order valence-corrected chi connectivity index (χ3v) is 5.19. The average Bonchev–Trinajstić information content (AvgIpc) is 3.08. The van der Waals surface area contributed by atoms with Crippen molar-refractivity contribution in [1.82, 2.24) is 14.8 Å². The summed E-state index contributed by atoms with van der Waals surface area (Å²) >= 11 is 6.69. The van der Waals surface area contributed by atoms with Gasteiger partial charge in [-0.1, -0.05) is 54.1 Å². The van der Waals surface area contributed by atoms with Crippen molar-refractivity contribution in [1.29, 1.82) is 0 Å². The third-order valence-electron chi connectivity index (χ3n) is 4.78. The maximum absolute atomic E-state index is 9.51. The van der Waals surface area contributed by atoms with Gasteiger partial charge >= 0.3 is 0 Å². The summed E-state index contributed by atoms with van der Waals surface area (Å²) in [6.45, 7) is -0.0697. The molecule has 1 atom stereocenters. The topological polar surface area (TPSA) is 95.2 Å². The molecule has 4 rings (SSSR count). The molecule has 154 valence electrons. The fourth-order valence-electron chi connectivity index (χ4n) is 3.21.